The Bertz CT molecular complexity index is 683. The molecule has 0 unspecified atom stereocenters. The molecule has 0 N–H and O–H groups in total. The number of pyridine rings is 1. The molecule has 0 aliphatic carbocycles. The van der Waals surface area contributed by atoms with Crippen molar-refractivity contribution >= 4 is 11.8 Å². The first-order valence-corrected chi connectivity index (χ1v) is 8.21. The first-order valence-electron chi connectivity index (χ1n) is 6.99. The third kappa shape index (κ3) is 3.20. The van der Waals surface area contributed by atoms with Crippen LogP contribution in [0, 0.1) is 5.82 Å². The van der Waals surface area contributed by atoms with Crippen molar-refractivity contribution in [3.8, 4) is 5.88 Å². The van der Waals surface area contributed by atoms with Crippen LogP contribution in [0.3, 0.4) is 0 Å². The van der Waals surface area contributed by atoms with Crippen LogP contribution >= 0.6 is 11.8 Å². The summed E-state index contributed by atoms with van der Waals surface area (Å²) in [7, 11) is 1.55. The number of nitrogens with zero attached hydrogens (tertiary/aromatic N) is 4. The minimum Gasteiger partial charge on any atom is -0.481 e. The molecule has 0 fully saturated rings. The van der Waals surface area contributed by atoms with E-state index in [1.54, 1.807) is 18.9 Å². The quantitative estimate of drug-likeness (QED) is 0.636. The Morgan fingerprint density at radius 2 is 2.23 bits per heavy atom. The molecule has 0 aromatic carbocycles. The number of aromatic nitrogens is 3. The first kappa shape index (κ1) is 15.2. The molecule has 0 amide bonds. The van der Waals surface area contributed by atoms with Crippen molar-refractivity contribution in [3.05, 3.63) is 41.1 Å². The molecule has 2 aromatic rings. The highest BCUT2D eigenvalue weighted by Crippen LogP contribution is 2.23. The molecule has 3 rings (SSSR count). The smallest absolute Gasteiger partial charge is 0.217 e. The van der Waals surface area contributed by atoms with Gasteiger partial charge in [-0.15, -0.1) is 0 Å². The topological polar surface area (TPSA) is 51.1 Å². The highest BCUT2D eigenvalue weighted by Gasteiger charge is 2.20. The van der Waals surface area contributed by atoms with Gasteiger partial charge in [-0.2, -0.15) is 0 Å². The third-order valence-electron chi connectivity index (χ3n) is 3.65. The molecule has 22 heavy (non-hydrogen) atoms. The van der Waals surface area contributed by atoms with Crippen molar-refractivity contribution in [2.24, 2.45) is 0 Å². The average Bonchev–Trinajstić information content (AvgIpc) is 2.54. The fraction of sp³-hybridized carbons (Fsp3) is 0.400. The Morgan fingerprint density at radius 3 is 3.00 bits per heavy atom. The van der Waals surface area contributed by atoms with E-state index in [-0.39, 0.29) is 5.82 Å². The van der Waals surface area contributed by atoms with Crippen molar-refractivity contribution in [3.63, 3.8) is 0 Å². The lowest BCUT2D eigenvalue weighted by molar-refractivity contribution is 0.237. The SMILES string of the molecule is COc1ncc(F)cc1CN1CCc2nc(SC)ncc2C1. The molecular formula is C15H17FN4OS. The van der Waals surface area contributed by atoms with Crippen molar-refractivity contribution in [2.75, 3.05) is 19.9 Å². The summed E-state index contributed by atoms with van der Waals surface area (Å²) in [5, 5.41) is 0.809. The van der Waals surface area contributed by atoms with Gasteiger partial charge in [-0.25, -0.2) is 19.3 Å². The van der Waals surface area contributed by atoms with Crippen LogP contribution in [-0.2, 0) is 19.5 Å². The second-order valence-corrected chi connectivity index (χ2v) is 5.88. The van der Waals surface area contributed by atoms with Crippen molar-refractivity contribution < 1.29 is 9.13 Å². The van der Waals surface area contributed by atoms with Gasteiger partial charge in [-0.05, 0) is 12.3 Å². The van der Waals surface area contributed by atoms with Crippen LogP contribution < -0.4 is 4.74 Å². The van der Waals surface area contributed by atoms with E-state index in [4.69, 9.17) is 4.74 Å². The summed E-state index contributed by atoms with van der Waals surface area (Å²) in [4.78, 5) is 15.1. The Kier molecular flexibility index (Phi) is 4.54. The summed E-state index contributed by atoms with van der Waals surface area (Å²) in [6.45, 7) is 2.22. The van der Waals surface area contributed by atoms with Gasteiger partial charge in [0.25, 0.3) is 0 Å². The molecule has 3 heterocycles. The predicted octanol–water partition coefficient (Wildman–Crippen LogP) is 2.30. The zero-order valence-corrected chi connectivity index (χ0v) is 13.4. The Labute approximate surface area is 132 Å². The van der Waals surface area contributed by atoms with Crippen molar-refractivity contribution in [1.29, 1.82) is 0 Å². The third-order valence-corrected chi connectivity index (χ3v) is 4.21. The molecule has 116 valence electrons. The summed E-state index contributed by atoms with van der Waals surface area (Å²) in [5.41, 5.74) is 3.00. The normalized spacial score (nSPS) is 14.7. The maximum Gasteiger partial charge on any atom is 0.217 e. The highest BCUT2D eigenvalue weighted by atomic mass is 32.2. The van der Waals surface area contributed by atoms with Gasteiger partial charge in [-0.3, -0.25) is 4.90 Å². The largest absolute Gasteiger partial charge is 0.481 e. The van der Waals surface area contributed by atoms with Crippen LogP contribution in [0.5, 0.6) is 5.88 Å². The van der Waals surface area contributed by atoms with Gasteiger partial charge in [0.2, 0.25) is 5.88 Å². The molecule has 5 nitrogen and oxygen atoms in total. The lowest BCUT2D eigenvalue weighted by Gasteiger charge is -2.28. The van der Waals surface area contributed by atoms with Gasteiger partial charge in [0.05, 0.1) is 19.0 Å². The molecule has 0 bridgehead atoms. The van der Waals surface area contributed by atoms with Crippen LogP contribution in [0.1, 0.15) is 16.8 Å². The summed E-state index contributed by atoms with van der Waals surface area (Å²) >= 11 is 1.55. The Morgan fingerprint density at radius 1 is 1.36 bits per heavy atom. The molecular weight excluding hydrogens is 303 g/mol. The molecule has 1 aliphatic rings. The van der Waals surface area contributed by atoms with E-state index in [1.807, 2.05) is 12.5 Å². The fourth-order valence-corrected chi connectivity index (χ4v) is 2.96. The van der Waals surface area contributed by atoms with Gasteiger partial charge < -0.3 is 4.74 Å². The van der Waals surface area contributed by atoms with Crippen LogP contribution in [0.25, 0.3) is 0 Å². The molecule has 0 spiro atoms. The standard InChI is InChI=1S/C15H17FN4OS/c1-21-14-10(5-12(16)7-17-14)8-20-4-3-13-11(9-20)6-18-15(19-13)22-2/h5-7H,3-4,8-9H2,1-2H3. The highest BCUT2D eigenvalue weighted by molar-refractivity contribution is 7.98. The summed E-state index contributed by atoms with van der Waals surface area (Å²) in [5.74, 6) is 0.127. The van der Waals surface area contributed by atoms with Crippen molar-refractivity contribution in [1.82, 2.24) is 19.9 Å². The van der Waals surface area contributed by atoms with Gasteiger partial charge >= 0.3 is 0 Å². The van der Waals surface area contributed by atoms with E-state index >= 15 is 0 Å². The van der Waals surface area contributed by atoms with E-state index in [0.29, 0.717) is 12.4 Å². The number of hydrogen-bond acceptors (Lipinski definition) is 6. The second-order valence-electron chi connectivity index (χ2n) is 5.11. The molecule has 2 aromatic heterocycles. The predicted molar refractivity (Wildman–Crippen MR) is 82.4 cm³/mol. The molecule has 0 saturated carbocycles. The number of methoxy groups -OCH3 is 1. The van der Waals surface area contributed by atoms with E-state index in [9.17, 15) is 4.39 Å². The van der Waals surface area contributed by atoms with Crippen molar-refractivity contribution in [2.45, 2.75) is 24.7 Å². The zero-order chi connectivity index (χ0) is 15.5. The van der Waals surface area contributed by atoms with Gasteiger partial charge in [-0.1, -0.05) is 11.8 Å². The van der Waals surface area contributed by atoms with E-state index in [2.05, 4.69) is 19.9 Å². The summed E-state index contributed by atoms with van der Waals surface area (Å²) in [6, 6.07) is 1.48. The fourth-order valence-electron chi connectivity index (χ4n) is 2.60. The lowest BCUT2D eigenvalue weighted by Crippen LogP contribution is -2.31. The molecule has 7 heteroatoms. The summed E-state index contributed by atoms with van der Waals surface area (Å²) in [6.07, 6.45) is 5.91. The number of hydrogen-bond donors (Lipinski definition) is 0. The van der Waals surface area contributed by atoms with Gasteiger partial charge in [0.15, 0.2) is 5.16 Å². The van der Waals surface area contributed by atoms with Crippen LogP contribution in [-0.4, -0.2) is 39.8 Å². The van der Waals surface area contributed by atoms with E-state index < -0.39 is 0 Å². The Hall–Kier alpha value is -1.73. The van der Waals surface area contributed by atoms with Crippen LogP contribution in [0.4, 0.5) is 4.39 Å². The number of ether oxygens (including phenoxy) is 1. The number of fused-ring (bicyclic) bond motifs is 1. The number of rotatable bonds is 4. The number of thioether (sulfide) groups is 1. The van der Waals surface area contributed by atoms with E-state index in [0.717, 1.165) is 41.5 Å². The molecule has 0 saturated heterocycles. The average molecular weight is 320 g/mol. The zero-order valence-electron chi connectivity index (χ0n) is 12.5. The summed E-state index contributed by atoms with van der Waals surface area (Å²) < 4.78 is 18.6. The number of halogens is 1. The molecule has 0 radical (unpaired) electrons. The maximum atomic E-state index is 13.4. The molecule has 0 atom stereocenters. The second kappa shape index (κ2) is 6.58. The van der Waals surface area contributed by atoms with Gasteiger partial charge in [0, 0.05) is 43.4 Å². The monoisotopic (exact) mass is 320 g/mol. The minimum absolute atomic E-state index is 0.346. The Balaban J connectivity index is 1.76. The maximum absolute atomic E-state index is 13.4. The minimum atomic E-state index is -0.346. The van der Waals surface area contributed by atoms with Gasteiger partial charge in [0.1, 0.15) is 5.82 Å². The van der Waals surface area contributed by atoms with Crippen LogP contribution in [0.2, 0.25) is 0 Å². The lowest BCUT2D eigenvalue weighted by atomic mass is 10.1. The van der Waals surface area contributed by atoms with E-state index in [1.165, 1.54) is 12.3 Å². The molecule has 1 aliphatic heterocycles. The first-order chi connectivity index (χ1) is 10.7. The van der Waals surface area contributed by atoms with Crippen LogP contribution in [0.15, 0.2) is 23.6 Å².